The summed E-state index contributed by atoms with van der Waals surface area (Å²) in [5.41, 5.74) is 1.32. The monoisotopic (exact) mass is 423 g/mol. The van der Waals surface area contributed by atoms with Gasteiger partial charge in [0.2, 0.25) is 11.9 Å². The standard InChI is InChI=1S/C24H33N5O2/c1-31-22-5-3-20(4-6-22)18-28-13-7-19(8-14-28)17-27-23(30)21-9-15-29(16-10-21)24-25-11-2-12-26-24/h2-6,11-12,19,21H,7-10,13-18H2,1H3,(H,27,30). The number of hydrogen-bond donors (Lipinski definition) is 1. The number of nitrogens with zero attached hydrogens (tertiary/aromatic N) is 4. The molecule has 0 aliphatic carbocycles. The smallest absolute Gasteiger partial charge is 0.225 e. The molecular weight excluding hydrogens is 390 g/mol. The molecule has 2 fully saturated rings. The third-order valence-corrected chi connectivity index (χ3v) is 6.54. The predicted molar refractivity (Wildman–Crippen MR) is 121 cm³/mol. The lowest BCUT2D eigenvalue weighted by atomic mass is 9.94. The van der Waals surface area contributed by atoms with Gasteiger partial charge in [0, 0.05) is 44.5 Å². The summed E-state index contributed by atoms with van der Waals surface area (Å²) in [6.07, 6.45) is 7.54. The molecule has 0 unspecified atom stereocenters. The van der Waals surface area contributed by atoms with E-state index in [1.54, 1.807) is 19.5 Å². The molecule has 3 heterocycles. The van der Waals surface area contributed by atoms with Crippen LogP contribution in [0.3, 0.4) is 0 Å². The Balaban J connectivity index is 1.14. The number of amides is 1. The van der Waals surface area contributed by atoms with Crippen LogP contribution in [0.25, 0.3) is 0 Å². The van der Waals surface area contributed by atoms with E-state index >= 15 is 0 Å². The lowest BCUT2D eigenvalue weighted by Gasteiger charge is -2.33. The summed E-state index contributed by atoms with van der Waals surface area (Å²) in [5, 5.41) is 3.23. The number of carbonyl (C=O) groups is 1. The summed E-state index contributed by atoms with van der Waals surface area (Å²) < 4.78 is 5.23. The van der Waals surface area contributed by atoms with Crippen LogP contribution in [-0.4, -0.2) is 60.6 Å². The molecule has 1 N–H and O–H groups in total. The SMILES string of the molecule is COc1ccc(CN2CCC(CNC(=O)C3CCN(c4ncccn4)CC3)CC2)cc1. The van der Waals surface area contributed by atoms with E-state index in [4.69, 9.17) is 4.74 Å². The first-order valence-electron chi connectivity index (χ1n) is 11.4. The van der Waals surface area contributed by atoms with Gasteiger partial charge in [0.1, 0.15) is 5.75 Å². The van der Waals surface area contributed by atoms with Gasteiger partial charge in [0.15, 0.2) is 0 Å². The maximum Gasteiger partial charge on any atom is 0.225 e. The van der Waals surface area contributed by atoms with E-state index in [0.717, 1.165) is 76.6 Å². The fourth-order valence-corrected chi connectivity index (χ4v) is 4.52. The average molecular weight is 424 g/mol. The van der Waals surface area contributed by atoms with Crippen molar-refractivity contribution in [2.45, 2.75) is 32.2 Å². The number of likely N-dealkylation sites (tertiary alicyclic amines) is 1. The van der Waals surface area contributed by atoms with Crippen molar-refractivity contribution in [1.82, 2.24) is 20.2 Å². The van der Waals surface area contributed by atoms with E-state index in [2.05, 4.69) is 37.2 Å². The first kappa shape index (κ1) is 21.6. The second kappa shape index (κ2) is 10.6. The molecule has 166 valence electrons. The zero-order valence-corrected chi connectivity index (χ0v) is 18.4. The van der Waals surface area contributed by atoms with Crippen LogP contribution in [0, 0.1) is 11.8 Å². The van der Waals surface area contributed by atoms with Gasteiger partial charge in [-0.15, -0.1) is 0 Å². The molecule has 2 aliphatic heterocycles. The summed E-state index contributed by atoms with van der Waals surface area (Å²) in [5.74, 6) is 2.57. The molecule has 2 aromatic rings. The molecule has 1 aromatic heterocycles. The predicted octanol–water partition coefficient (Wildman–Crippen LogP) is 2.73. The van der Waals surface area contributed by atoms with Crippen LogP contribution in [0.1, 0.15) is 31.2 Å². The molecule has 7 nitrogen and oxygen atoms in total. The highest BCUT2D eigenvalue weighted by Crippen LogP contribution is 2.22. The number of piperidine rings is 2. The summed E-state index contributed by atoms with van der Waals surface area (Å²) >= 11 is 0. The van der Waals surface area contributed by atoms with Crippen molar-refractivity contribution in [2.75, 3.05) is 44.7 Å². The number of aromatic nitrogens is 2. The molecule has 2 aliphatic rings. The van der Waals surface area contributed by atoms with Gasteiger partial charge in [0.05, 0.1) is 7.11 Å². The molecule has 4 rings (SSSR count). The topological polar surface area (TPSA) is 70.6 Å². The highest BCUT2D eigenvalue weighted by Gasteiger charge is 2.27. The maximum absolute atomic E-state index is 12.7. The molecule has 0 saturated carbocycles. The highest BCUT2D eigenvalue weighted by atomic mass is 16.5. The van der Waals surface area contributed by atoms with Crippen molar-refractivity contribution >= 4 is 11.9 Å². The summed E-state index contributed by atoms with van der Waals surface area (Å²) in [7, 11) is 1.70. The number of carbonyl (C=O) groups excluding carboxylic acids is 1. The summed E-state index contributed by atoms with van der Waals surface area (Å²) in [6, 6.07) is 10.2. The van der Waals surface area contributed by atoms with Crippen LogP contribution >= 0.6 is 0 Å². The van der Waals surface area contributed by atoms with Crippen molar-refractivity contribution in [3.05, 3.63) is 48.3 Å². The normalized spacial score (nSPS) is 18.7. The van der Waals surface area contributed by atoms with E-state index < -0.39 is 0 Å². The van der Waals surface area contributed by atoms with E-state index in [9.17, 15) is 4.79 Å². The van der Waals surface area contributed by atoms with E-state index in [1.165, 1.54) is 5.56 Å². The molecule has 1 amide bonds. The summed E-state index contributed by atoms with van der Waals surface area (Å²) in [4.78, 5) is 26.0. The Morgan fingerprint density at radius 1 is 1.03 bits per heavy atom. The number of benzene rings is 1. The maximum atomic E-state index is 12.7. The fourth-order valence-electron chi connectivity index (χ4n) is 4.52. The van der Waals surface area contributed by atoms with Gasteiger partial charge in [-0.2, -0.15) is 0 Å². The Kier molecular flexibility index (Phi) is 7.35. The minimum atomic E-state index is 0.107. The second-order valence-corrected chi connectivity index (χ2v) is 8.62. The van der Waals surface area contributed by atoms with Crippen molar-refractivity contribution in [2.24, 2.45) is 11.8 Å². The zero-order chi connectivity index (χ0) is 21.5. The lowest BCUT2D eigenvalue weighted by molar-refractivity contribution is -0.125. The quantitative estimate of drug-likeness (QED) is 0.738. The minimum Gasteiger partial charge on any atom is -0.497 e. The van der Waals surface area contributed by atoms with Gasteiger partial charge in [-0.25, -0.2) is 9.97 Å². The number of hydrogen-bond acceptors (Lipinski definition) is 6. The fraction of sp³-hybridized carbons (Fsp3) is 0.542. The number of anilines is 1. The van der Waals surface area contributed by atoms with Crippen LogP contribution in [0.2, 0.25) is 0 Å². The number of rotatable bonds is 7. The van der Waals surface area contributed by atoms with Gasteiger partial charge in [-0.3, -0.25) is 9.69 Å². The Labute approximate surface area is 184 Å². The first-order valence-corrected chi connectivity index (χ1v) is 11.4. The molecule has 7 heteroatoms. The van der Waals surface area contributed by atoms with Gasteiger partial charge < -0.3 is 15.0 Å². The Hall–Kier alpha value is -2.67. The molecule has 1 aromatic carbocycles. The zero-order valence-electron chi connectivity index (χ0n) is 18.4. The molecule has 31 heavy (non-hydrogen) atoms. The highest BCUT2D eigenvalue weighted by molar-refractivity contribution is 5.78. The van der Waals surface area contributed by atoms with E-state index in [0.29, 0.717) is 5.92 Å². The van der Waals surface area contributed by atoms with Gasteiger partial charge in [-0.1, -0.05) is 12.1 Å². The Morgan fingerprint density at radius 3 is 2.35 bits per heavy atom. The number of nitrogens with one attached hydrogen (secondary N) is 1. The minimum absolute atomic E-state index is 0.107. The molecule has 0 radical (unpaired) electrons. The molecule has 0 atom stereocenters. The average Bonchev–Trinajstić information content (AvgIpc) is 2.84. The number of methoxy groups -OCH3 is 1. The Morgan fingerprint density at radius 2 is 1.71 bits per heavy atom. The van der Waals surface area contributed by atoms with Crippen molar-refractivity contribution < 1.29 is 9.53 Å². The van der Waals surface area contributed by atoms with E-state index in [-0.39, 0.29) is 11.8 Å². The van der Waals surface area contributed by atoms with Crippen LogP contribution in [0.5, 0.6) is 5.75 Å². The summed E-state index contributed by atoms with van der Waals surface area (Å²) in [6.45, 7) is 5.63. The van der Waals surface area contributed by atoms with Gasteiger partial charge in [0.25, 0.3) is 0 Å². The van der Waals surface area contributed by atoms with Crippen LogP contribution in [0.15, 0.2) is 42.7 Å². The van der Waals surface area contributed by atoms with E-state index in [1.807, 2.05) is 18.2 Å². The third kappa shape index (κ3) is 5.94. The molecule has 0 spiro atoms. The van der Waals surface area contributed by atoms with Gasteiger partial charge >= 0.3 is 0 Å². The van der Waals surface area contributed by atoms with Crippen molar-refractivity contribution in [1.29, 1.82) is 0 Å². The van der Waals surface area contributed by atoms with Crippen molar-refractivity contribution in [3.63, 3.8) is 0 Å². The molecule has 2 saturated heterocycles. The van der Waals surface area contributed by atoms with Crippen LogP contribution in [-0.2, 0) is 11.3 Å². The third-order valence-electron chi connectivity index (χ3n) is 6.54. The Bertz CT molecular complexity index is 814. The van der Waals surface area contributed by atoms with Gasteiger partial charge in [-0.05, 0) is 68.5 Å². The number of ether oxygens (including phenoxy) is 1. The van der Waals surface area contributed by atoms with Crippen LogP contribution < -0.4 is 15.0 Å². The van der Waals surface area contributed by atoms with Crippen LogP contribution in [0.4, 0.5) is 5.95 Å². The lowest BCUT2D eigenvalue weighted by Crippen LogP contribution is -2.43. The largest absolute Gasteiger partial charge is 0.497 e. The first-order chi connectivity index (χ1) is 15.2. The van der Waals surface area contributed by atoms with Crippen molar-refractivity contribution in [3.8, 4) is 5.75 Å². The molecule has 0 bridgehead atoms. The second-order valence-electron chi connectivity index (χ2n) is 8.62. The molecular formula is C24H33N5O2.